The Morgan fingerprint density at radius 2 is 2.41 bits per heavy atom. The van der Waals surface area contributed by atoms with Crippen molar-refractivity contribution in [1.82, 2.24) is 10.6 Å². The third kappa shape index (κ3) is 3.77. The van der Waals surface area contributed by atoms with Gasteiger partial charge in [0.25, 0.3) is 5.91 Å². The maximum Gasteiger partial charge on any atom is 0.261 e. The summed E-state index contributed by atoms with van der Waals surface area (Å²) < 4.78 is 1.90. The molecule has 1 atom stereocenters. The van der Waals surface area contributed by atoms with Crippen molar-refractivity contribution >= 4 is 49.1 Å². The lowest BCUT2D eigenvalue weighted by Gasteiger charge is -2.08. The molecule has 2 heterocycles. The molecule has 0 bridgehead atoms. The van der Waals surface area contributed by atoms with Gasteiger partial charge in [0.05, 0.1) is 8.66 Å². The maximum absolute atomic E-state index is 11.8. The highest BCUT2D eigenvalue weighted by molar-refractivity contribution is 9.13. The zero-order valence-electron chi connectivity index (χ0n) is 9.26. The van der Waals surface area contributed by atoms with Gasteiger partial charge in [-0.1, -0.05) is 0 Å². The molecule has 0 radical (unpaired) electrons. The Morgan fingerprint density at radius 1 is 1.59 bits per heavy atom. The standard InChI is InChI=1S/C11H14Br2N2OS/c12-8-5-9(17-10(8)13)11(16)15-4-2-7-1-3-14-6-7/h5,7,14H,1-4,6H2,(H,15,16). The van der Waals surface area contributed by atoms with E-state index in [1.54, 1.807) is 0 Å². The number of nitrogens with one attached hydrogen (secondary N) is 2. The van der Waals surface area contributed by atoms with E-state index in [9.17, 15) is 4.79 Å². The fourth-order valence-corrected chi connectivity index (χ4v) is 3.85. The summed E-state index contributed by atoms with van der Waals surface area (Å²) in [5, 5.41) is 6.30. The van der Waals surface area contributed by atoms with Gasteiger partial charge in [-0.05, 0) is 69.8 Å². The summed E-state index contributed by atoms with van der Waals surface area (Å²) in [7, 11) is 0. The molecule has 1 unspecified atom stereocenters. The van der Waals surface area contributed by atoms with Crippen molar-refractivity contribution in [2.24, 2.45) is 5.92 Å². The minimum Gasteiger partial charge on any atom is -0.351 e. The average molecular weight is 382 g/mol. The summed E-state index contributed by atoms with van der Waals surface area (Å²) in [5.74, 6) is 0.740. The van der Waals surface area contributed by atoms with Gasteiger partial charge in [0.1, 0.15) is 0 Å². The molecule has 2 rings (SSSR count). The first kappa shape index (κ1) is 13.5. The molecular formula is C11H14Br2N2OS. The number of carbonyl (C=O) groups is 1. The Bertz CT molecular complexity index is 383. The van der Waals surface area contributed by atoms with Crippen LogP contribution in [0.3, 0.4) is 0 Å². The Hall–Kier alpha value is 0.0900. The van der Waals surface area contributed by atoms with Gasteiger partial charge in [-0.3, -0.25) is 4.79 Å². The van der Waals surface area contributed by atoms with E-state index in [4.69, 9.17) is 0 Å². The minimum absolute atomic E-state index is 0.0207. The van der Waals surface area contributed by atoms with Crippen molar-refractivity contribution < 1.29 is 4.79 Å². The van der Waals surface area contributed by atoms with Crippen LogP contribution in [0.1, 0.15) is 22.5 Å². The fraction of sp³-hybridized carbons (Fsp3) is 0.545. The van der Waals surface area contributed by atoms with Crippen LogP contribution >= 0.6 is 43.2 Å². The summed E-state index contributed by atoms with van der Waals surface area (Å²) >= 11 is 8.22. The molecule has 1 aliphatic rings. The molecule has 1 aromatic rings. The lowest BCUT2D eigenvalue weighted by Crippen LogP contribution is -2.25. The molecule has 17 heavy (non-hydrogen) atoms. The first-order valence-corrected chi connectivity index (χ1v) is 8.01. The van der Waals surface area contributed by atoms with E-state index < -0.39 is 0 Å². The van der Waals surface area contributed by atoms with Gasteiger partial charge in [0.15, 0.2) is 0 Å². The molecule has 1 aliphatic heterocycles. The molecule has 1 aromatic heterocycles. The molecule has 1 amide bonds. The van der Waals surface area contributed by atoms with Crippen molar-refractivity contribution in [3.63, 3.8) is 0 Å². The van der Waals surface area contributed by atoms with Crippen LogP contribution in [0.5, 0.6) is 0 Å². The van der Waals surface area contributed by atoms with Gasteiger partial charge in [-0.15, -0.1) is 11.3 Å². The number of hydrogen-bond donors (Lipinski definition) is 2. The maximum atomic E-state index is 11.8. The van der Waals surface area contributed by atoms with Crippen LogP contribution in [-0.4, -0.2) is 25.5 Å². The van der Waals surface area contributed by atoms with Crippen molar-refractivity contribution in [3.8, 4) is 0 Å². The van der Waals surface area contributed by atoms with Crippen molar-refractivity contribution in [2.75, 3.05) is 19.6 Å². The van der Waals surface area contributed by atoms with Crippen molar-refractivity contribution in [1.29, 1.82) is 0 Å². The number of halogens is 2. The molecule has 94 valence electrons. The largest absolute Gasteiger partial charge is 0.351 e. The second-order valence-corrected chi connectivity index (χ2v) is 7.36. The fourth-order valence-electron chi connectivity index (χ4n) is 1.90. The Kier molecular flexibility index (Phi) is 5.02. The summed E-state index contributed by atoms with van der Waals surface area (Å²) in [6.07, 6.45) is 2.29. The lowest BCUT2D eigenvalue weighted by molar-refractivity contribution is 0.0955. The van der Waals surface area contributed by atoms with E-state index in [0.717, 1.165) is 45.1 Å². The van der Waals surface area contributed by atoms with Crippen LogP contribution in [0.4, 0.5) is 0 Å². The topological polar surface area (TPSA) is 41.1 Å². The van der Waals surface area contributed by atoms with E-state index in [1.807, 2.05) is 6.07 Å². The zero-order valence-corrected chi connectivity index (χ0v) is 13.3. The third-order valence-corrected chi connectivity index (χ3v) is 6.12. The van der Waals surface area contributed by atoms with Gasteiger partial charge in [0.2, 0.25) is 0 Å². The SMILES string of the molecule is O=C(NCCC1CCNC1)c1cc(Br)c(Br)s1. The average Bonchev–Trinajstić information content (AvgIpc) is 2.90. The van der Waals surface area contributed by atoms with Crippen LogP contribution in [0.25, 0.3) is 0 Å². The van der Waals surface area contributed by atoms with E-state index in [2.05, 4.69) is 42.5 Å². The minimum atomic E-state index is 0.0207. The third-order valence-electron chi connectivity index (χ3n) is 2.87. The number of amides is 1. The van der Waals surface area contributed by atoms with Gasteiger partial charge in [-0.2, -0.15) is 0 Å². The highest BCUT2D eigenvalue weighted by Crippen LogP contribution is 2.32. The first-order valence-electron chi connectivity index (χ1n) is 5.60. The normalized spacial score (nSPS) is 19.5. The first-order chi connectivity index (χ1) is 8.16. The number of hydrogen-bond acceptors (Lipinski definition) is 3. The monoisotopic (exact) mass is 380 g/mol. The smallest absolute Gasteiger partial charge is 0.261 e. The molecule has 1 fully saturated rings. The predicted octanol–water partition coefficient (Wildman–Crippen LogP) is 3.00. The highest BCUT2D eigenvalue weighted by Gasteiger charge is 2.15. The summed E-state index contributed by atoms with van der Waals surface area (Å²) in [5.41, 5.74) is 0. The van der Waals surface area contributed by atoms with Crippen molar-refractivity contribution in [3.05, 3.63) is 19.2 Å². The van der Waals surface area contributed by atoms with E-state index >= 15 is 0 Å². The Labute approximate surface area is 122 Å². The number of rotatable bonds is 4. The van der Waals surface area contributed by atoms with Crippen LogP contribution in [-0.2, 0) is 0 Å². The molecule has 6 heteroatoms. The Balaban J connectivity index is 1.76. The van der Waals surface area contributed by atoms with Crippen LogP contribution in [0.2, 0.25) is 0 Å². The lowest BCUT2D eigenvalue weighted by atomic mass is 10.1. The molecule has 0 aliphatic carbocycles. The van der Waals surface area contributed by atoms with Crippen LogP contribution < -0.4 is 10.6 Å². The summed E-state index contributed by atoms with van der Waals surface area (Å²) in [4.78, 5) is 12.6. The molecule has 3 nitrogen and oxygen atoms in total. The van der Waals surface area contributed by atoms with Gasteiger partial charge >= 0.3 is 0 Å². The second kappa shape index (κ2) is 6.31. The molecule has 0 aromatic carbocycles. The van der Waals surface area contributed by atoms with Gasteiger partial charge in [0, 0.05) is 11.0 Å². The quantitative estimate of drug-likeness (QED) is 0.841. The van der Waals surface area contributed by atoms with Crippen molar-refractivity contribution in [2.45, 2.75) is 12.8 Å². The van der Waals surface area contributed by atoms with Crippen LogP contribution in [0, 0.1) is 5.92 Å². The second-order valence-electron chi connectivity index (χ2n) is 4.14. The summed E-state index contributed by atoms with van der Waals surface area (Å²) in [6.45, 7) is 2.97. The molecule has 2 N–H and O–H groups in total. The van der Waals surface area contributed by atoms with E-state index in [0.29, 0.717) is 0 Å². The van der Waals surface area contributed by atoms with E-state index in [-0.39, 0.29) is 5.91 Å². The number of carbonyl (C=O) groups excluding carboxylic acids is 1. The number of thiophene rings is 1. The molecule has 0 saturated carbocycles. The molecular weight excluding hydrogens is 368 g/mol. The van der Waals surface area contributed by atoms with Crippen LogP contribution in [0.15, 0.2) is 14.3 Å². The molecule has 0 spiro atoms. The summed E-state index contributed by atoms with van der Waals surface area (Å²) in [6, 6.07) is 1.85. The molecule has 1 saturated heterocycles. The zero-order chi connectivity index (χ0) is 12.3. The highest BCUT2D eigenvalue weighted by atomic mass is 79.9. The van der Waals surface area contributed by atoms with E-state index in [1.165, 1.54) is 17.8 Å². The van der Waals surface area contributed by atoms with Gasteiger partial charge < -0.3 is 10.6 Å². The van der Waals surface area contributed by atoms with Gasteiger partial charge in [-0.25, -0.2) is 0 Å². The predicted molar refractivity (Wildman–Crippen MR) is 77.6 cm³/mol. The Morgan fingerprint density at radius 3 is 3.00 bits per heavy atom.